The van der Waals surface area contributed by atoms with Crippen molar-refractivity contribution in [3.8, 4) is 0 Å². The third kappa shape index (κ3) is 3.38. The highest BCUT2D eigenvalue weighted by Crippen LogP contribution is 2.16. The molecule has 0 aliphatic rings. The molecule has 1 N–H and O–H groups in total. The molecule has 0 aliphatic heterocycles. The molecule has 0 radical (unpaired) electrons. The second-order valence-corrected chi connectivity index (χ2v) is 4.02. The summed E-state index contributed by atoms with van der Waals surface area (Å²) in [6, 6.07) is 0. The number of nitrogens with one attached hydrogen (secondary N) is 1. The molecule has 1 rings (SSSR count). The zero-order chi connectivity index (χ0) is 8.10. The predicted octanol–water partition coefficient (Wildman–Crippen LogP) is 2.12. The lowest BCUT2D eigenvalue weighted by Crippen LogP contribution is -2.14. The first-order chi connectivity index (χ1) is 5.33. The molecule has 0 fully saturated rings. The van der Waals surface area contributed by atoms with Crippen LogP contribution in [0.5, 0.6) is 0 Å². The lowest BCUT2D eigenvalue weighted by atomic mass is 10.5. The summed E-state index contributed by atoms with van der Waals surface area (Å²) in [4.78, 5) is 5.05. The summed E-state index contributed by atoms with van der Waals surface area (Å²) in [5.41, 5.74) is 0. The number of aromatic nitrogens is 1. The van der Waals surface area contributed by atoms with Gasteiger partial charge in [-0.1, -0.05) is 11.6 Å². The highest BCUT2D eigenvalue weighted by Gasteiger charge is 1.97. The molecule has 1 aromatic heterocycles. The van der Waals surface area contributed by atoms with Crippen molar-refractivity contribution in [2.24, 2.45) is 0 Å². The van der Waals surface area contributed by atoms with Crippen LogP contribution in [0.4, 0.5) is 0 Å². The third-order valence-electron chi connectivity index (χ3n) is 1.10. The van der Waals surface area contributed by atoms with Crippen LogP contribution in [0.3, 0.4) is 0 Å². The van der Waals surface area contributed by atoms with Gasteiger partial charge in [0.2, 0.25) is 0 Å². The summed E-state index contributed by atoms with van der Waals surface area (Å²) in [5.74, 6) is 0.631. The Morgan fingerprint density at radius 1 is 1.64 bits per heavy atom. The van der Waals surface area contributed by atoms with Crippen molar-refractivity contribution >= 4 is 34.5 Å². The summed E-state index contributed by atoms with van der Waals surface area (Å²) in [7, 11) is 0. The van der Waals surface area contributed by atoms with Crippen molar-refractivity contribution in [2.75, 3.05) is 12.4 Å². The Morgan fingerprint density at radius 3 is 3.00 bits per heavy atom. The van der Waals surface area contributed by atoms with E-state index >= 15 is 0 Å². The molecule has 0 saturated carbocycles. The number of alkyl halides is 1. The van der Waals surface area contributed by atoms with Crippen molar-refractivity contribution in [3.63, 3.8) is 0 Å². The standard InChI is InChI=1S/C6H8Cl2N2S/c7-1-2-9-3-5-4-10-6(8)11-5/h4,9H,1-3H2. The van der Waals surface area contributed by atoms with Gasteiger partial charge in [0, 0.05) is 30.0 Å². The van der Waals surface area contributed by atoms with Gasteiger partial charge >= 0.3 is 0 Å². The van der Waals surface area contributed by atoms with Crippen LogP contribution in [-0.4, -0.2) is 17.4 Å². The van der Waals surface area contributed by atoms with E-state index in [0.717, 1.165) is 18.0 Å². The van der Waals surface area contributed by atoms with E-state index in [4.69, 9.17) is 23.2 Å². The molecule has 0 aliphatic carbocycles. The van der Waals surface area contributed by atoms with Crippen molar-refractivity contribution in [1.82, 2.24) is 10.3 Å². The molecule has 0 bridgehead atoms. The molecule has 2 nitrogen and oxygen atoms in total. The van der Waals surface area contributed by atoms with E-state index in [-0.39, 0.29) is 0 Å². The topological polar surface area (TPSA) is 24.9 Å². The lowest BCUT2D eigenvalue weighted by molar-refractivity contribution is 0.738. The summed E-state index contributed by atoms with van der Waals surface area (Å²) in [5, 5.41) is 3.14. The van der Waals surface area contributed by atoms with Crippen LogP contribution in [-0.2, 0) is 6.54 Å². The fourth-order valence-electron chi connectivity index (χ4n) is 0.644. The second kappa shape index (κ2) is 4.93. The van der Waals surface area contributed by atoms with E-state index in [2.05, 4.69) is 10.3 Å². The van der Waals surface area contributed by atoms with Gasteiger partial charge < -0.3 is 5.32 Å². The van der Waals surface area contributed by atoms with Crippen LogP contribution < -0.4 is 5.32 Å². The molecular weight excluding hydrogens is 203 g/mol. The molecule has 5 heteroatoms. The molecule has 1 heterocycles. The smallest absolute Gasteiger partial charge is 0.183 e. The summed E-state index contributed by atoms with van der Waals surface area (Å²) < 4.78 is 0.590. The van der Waals surface area contributed by atoms with Crippen LogP contribution >= 0.6 is 34.5 Å². The Hall–Kier alpha value is 0.170. The van der Waals surface area contributed by atoms with Gasteiger partial charge in [-0.25, -0.2) is 4.98 Å². The highest BCUT2D eigenvalue weighted by molar-refractivity contribution is 7.15. The molecule has 0 spiro atoms. The lowest BCUT2D eigenvalue weighted by Gasteiger charge is -1.96. The Labute approximate surface area is 79.5 Å². The molecule has 1 aromatic rings. The van der Waals surface area contributed by atoms with Crippen molar-refractivity contribution in [1.29, 1.82) is 0 Å². The molecular formula is C6H8Cl2N2S. The van der Waals surface area contributed by atoms with E-state index in [1.807, 2.05) is 0 Å². The first-order valence-corrected chi connectivity index (χ1v) is 4.92. The Bertz CT molecular complexity index is 214. The van der Waals surface area contributed by atoms with E-state index < -0.39 is 0 Å². The van der Waals surface area contributed by atoms with Gasteiger partial charge in [0.05, 0.1) is 0 Å². The van der Waals surface area contributed by atoms with E-state index in [9.17, 15) is 0 Å². The zero-order valence-corrected chi connectivity index (χ0v) is 8.14. The summed E-state index contributed by atoms with van der Waals surface area (Å²) >= 11 is 12.6. The zero-order valence-electron chi connectivity index (χ0n) is 5.81. The van der Waals surface area contributed by atoms with Gasteiger partial charge in [-0.2, -0.15) is 0 Å². The Morgan fingerprint density at radius 2 is 2.45 bits per heavy atom. The summed E-state index contributed by atoms with van der Waals surface area (Å²) in [6.07, 6.45) is 1.77. The molecule has 0 amide bonds. The van der Waals surface area contributed by atoms with Crippen molar-refractivity contribution in [2.45, 2.75) is 6.54 Å². The van der Waals surface area contributed by atoms with Crippen LogP contribution in [0, 0.1) is 0 Å². The fourth-order valence-corrected chi connectivity index (χ4v) is 1.72. The van der Waals surface area contributed by atoms with Gasteiger partial charge in [0.25, 0.3) is 0 Å². The first kappa shape index (κ1) is 9.26. The van der Waals surface area contributed by atoms with Crippen LogP contribution in [0.15, 0.2) is 6.20 Å². The highest BCUT2D eigenvalue weighted by atomic mass is 35.5. The average molecular weight is 211 g/mol. The molecule has 0 saturated heterocycles. The fraction of sp³-hybridized carbons (Fsp3) is 0.500. The monoisotopic (exact) mass is 210 g/mol. The minimum atomic E-state index is 0.590. The number of hydrogen-bond acceptors (Lipinski definition) is 3. The maximum absolute atomic E-state index is 5.63. The molecule has 0 unspecified atom stereocenters. The molecule has 0 aromatic carbocycles. The maximum Gasteiger partial charge on any atom is 0.183 e. The largest absolute Gasteiger partial charge is 0.311 e. The minimum Gasteiger partial charge on any atom is -0.311 e. The van der Waals surface area contributed by atoms with Crippen LogP contribution in [0.2, 0.25) is 4.47 Å². The van der Waals surface area contributed by atoms with Crippen LogP contribution in [0.1, 0.15) is 4.88 Å². The van der Waals surface area contributed by atoms with Crippen LogP contribution in [0.25, 0.3) is 0 Å². The number of thiazole rings is 1. The summed E-state index contributed by atoms with van der Waals surface area (Å²) in [6.45, 7) is 1.62. The van der Waals surface area contributed by atoms with Gasteiger partial charge in [-0.15, -0.1) is 22.9 Å². The predicted molar refractivity (Wildman–Crippen MR) is 49.6 cm³/mol. The minimum absolute atomic E-state index is 0.590. The average Bonchev–Trinajstić information content (AvgIpc) is 2.37. The Kier molecular flexibility index (Phi) is 4.15. The quantitative estimate of drug-likeness (QED) is 0.609. The third-order valence-corrected chi connectivity index (χ3v) is 2.40. The van der Waals surface area contributed by atoms with Gasteiger partial charge in [0.15, 0.2) is 4.47 Å². The van der Waals surface area contributed by atoms with E-state index in [0.29, 0.717) is 10.3 Å². The van der Waals surface area contributed by atoms with E-state index in [1.165, 1.54) is 11.3 Å². The first-order valence-electron chi connectivity index (χ1n) is 3.20. The molecule has 11 heavy (non-hydrogen) atoms. The van der Waals surface area contributed by atoms with Crippen molar-refractivity contribution < 1.29 is 0 Å². The normalized spacial score (nSPS) is 10.4. The number of hydrogen-bond donors (Lipinski definition) is 1. The van der Waals surface area contributed by atoms with Crippen molar-refractivity contribution in [3.05, 3.63) is 15.5 Å². The number of halogens is 2. The number of nitrogens with zero attached hydrogens (tertiary/aromatic N) is 1. The van der Waals surface area contributed by atoms with E-state index in [1.54, 1.807) is 6.20 Å². The molecule has 0 atom stereocenters. The number of rotatable bonds is 4. The Balaban J connectivity index is 2.27. The van der Waals surface area contributed by atoms with Gasteiger partial charge in [-0.05, 0) is 0 Å². The van der Waals surface area contributed by atoms with Gasteiger partial charge in [-0.3, -0.25) is 0 Å². The maximum atomic E-state index is 5.63. The SMILES string of the molecule is ClCCNCc1cnc(Cl)s1. The molecule has 62 valence electrons. The second-order valence-electron chi connectivity index (χ2n) is 1.95. The van der Waals surface area contributed by atoms with Gasteiger partial charge in [0.1, 0.15) is 0 Å².